The molecule has 1 amide bonds. The minimum Gasteiger partial charge on any atom is -0.493 e. The highest BCUT2D eigenvalue weighted by Gasteiger charge is 2.31. The minimum absolute atomic E-state index is 0.179. The molecule has 2 aromatic rings. The van der Waals surface area contributed by atoms with Crippen LogP contribution in [0, 0.1) is 5.92 Å². The molecule has 0 bridgehead atoms. The van der Waals surface area contributed by atoms with E-state index in [1.54, 1.807) is 26.7 Å². The smallest absolute Gasteiger partial charge is 0.409 e. The van der Waals surface area contributed by atoms with Gasteiger partial charge in [-0.1, -0.05) is 18.2 Å². The van der Waals surface area contributed by atoms with Crippen LogP contribution in [0.5, 0.6) is 5.75 Å². The topological polar surface area (TPSA) is 79.4 Å². The maximum absolute atomic E-state index is 12.8. The number of ether oxygens (including phenoxy) is 2. The molecule has 8 nitrogen and oxygen atoms in total. The molecule has 0 saturated carbocycles. The fraction of sp³-hybridized carbons (Fsp3) is 0.542. The molecule has 2 saturated heterocycles. The van der Waals surface area contributed by atoms with Gasteiger partial charge in [0.1, 0.15) is 9.96 Å². The van der Waals surface area contributed by atoms with Crippen LogP contribution in [-0.4, -0.2) is 81.1 Å². The lowest BCUT2D eigenvalue weighted by Gasteiger charge is -2.34. The van der Waals surface area contributed by atoms with Gasteiger partial charge in [-0.25, -0.2) is 13.2 Å². The van der Waals surface area contributed by atoms with E-state index in [1.165, 1.54) is 16.9 Å². The third kappa shape index (κ3) is 6.29. The van der Waals surface area contributed by atoms with E-state index >= 15 is 0 Å². The number of nitrogens with zero attached hydrogens (tertiary/aromatic N) is 3. The number of hydrogen-bond acceptors (Lipinski definition) is 7. The molecule has 2 aliphatic rings. The lowest BCUT2D eigenvalue weighted by molar-refractivity contribution is 0.0778. The van der Waals surface area contributed by atoms with Gasteiger partial charge in [0.05, 0.1) is 13.2 Å². The predicted molar refractivity (Wildman–Crippen MR) is 132 cm³/mol. The summed E-state index contributed by atoms with van der Waals surface area (Å²) in [5.41, 5.74) is 1.20. The molecule has 1 atom stereocenters. The second kappa shape index (κ2) is 11.5. The molecular weight excluding hydrogens is 474 g/mol. The maximum atomic E-state index is 12.8. The minimum atomic E-state index is -3.40. The Morgan fingerprint density at radius 1 is 1.09 bits per heavy atom. The first kappa shape index (κ1) is 25.0. The summed E-state index contributed by atoms with van der Waals surface area (Å²) in [5, 5.41) is 1.80. The SMILES string of the molecule is CCOC(=O)N1CCN(Cc2ccc(OC[C@H]3CCCN(S(=O)(=O)c4cccs4)C3)cc2)CC1. The highest BCUT2D eigenvalue weighted by molar-refractivity contribution is 7.91. The van der Waals surface area contributed by atoms with E-state index in [0.717, 1.165) is 38.2 Å². The van der Waals surface area contributed by atoms with E-state index in [1.807, 2.05) is 19.1 Å². The third-order valence-corrected chi connectivity index (χ3v) is 9.52. The van der Waals surface area contributed by atoms with Gasteiger partial charge in [0.2, 0.25) is 0 Å². The van der Waals surface area contributed by atoms with Gasteiger partial charge in [0, 0.05) is 51.7 Å². The molecule has 0 spiro atoms. The molecule has 0 radical (unpaired) electrons. The third-order valence-electron chi connectivity index (χ3n) is 6.28. The van der Waals surface area contributed by atoms with Crippen LogP contribution < -0.4 is 4.74 Å². The Morgan fingerprint density at radius 2 is 1.85 bits per heavy atom. The van der Waals surface area contributed by atoms with E-state index in [0.29, 0.717) is 43.6 Å². The summed E-state index contributed by atoms with van der Waals surface area (Å²) in [6.07, 6.45) is 1.58. The quantitative estimate of drug-likeness (QED) is 0.544. The maximum Gasteiger partial charge on any atom is 0.409 e. The lowest BCUT2D eigenvalue weighted by atomic mass is 10.0. The van der Waals surface area contributed by atoms with Gasteiger partial charge < -0.3 is 14.4 Å². The van der Waals surface area contributed by atoms with Crippen molar-refractivity contribution < 1.29 is 22.7 Å². The normalized spacial score (nSPS) is 20.3. The molecule has 3 heterocycles. The number of carbonyl (C=O) groups is 1. The summed E-state index contributed by atoms with van der Waals surface area (Å²) in [6.45, 7) is 7.63. The summed E-state index contributed by atoms with van der Waals surface area (Å²) in [7, 11) is -3.40. The van der Waals surface area contributed by atoms with Crippen LogP contribution in [0.3, 0.4) is 0 Å². The van der Waals surface area contributed by atoms with Crippen LogP contribution in [0.2, 0.25) is 0 Å². The van der Waals surface area contributed by atoms with Gasteiger partial charge in [0.25, 0.3) is 10.0 Å². The standard InChI is InChI=1S/C24H33N3O5S2/c1-2-31-24(28)26-14-12-25(13-15-26)17-20-7-9-22(10-8-20)32-19-21-5-3-11-27(18-21)34(29,30)23-6-4-16-33-23/h4,6-10,16,21H,2-3,5,11-15,17-19H2,1H3/t21-/m0/s1. The Bertz CT molecular complexity index is 1020. The highest BCUT2D eigenvalue weighted by atomic mass is 32.2. The Balaban J connectivity index is 1.22. The molecule has 1 aromatic carbocycles. The first-order valence-corrected chi connectivity index (χ1v) is 14.2. The largest absolute Gasteiger partial charge is 0.493 e. The van der Waals surface area contributed by atoms with Crippen LogP contribution in [0.1, 0.15) is 25.3 Å². The fourth-order valence-corrected chi connectivity index (χ4v) is 7.08. The van der Waals surface area contributed by atoms with Crippen LogP contribution in [0.25, 0.3) is 0 Å². The van der Waals surface area contributed by atoms with Crippen molar-refractivity contribution in [1.82, 2.24) is 14.1 Å². The Kier molecular flexibility index (Phi) is 8.46. The Hall–Kier alpha value is -2.14. The number of piperidine rings is 1. The van der Waals surface area contributed by atoms with E-state index in [9.17, 15) is 13.2 Å². The van der Waals surface area contributed by atoms with Crippen molar-refractivity contribution in [2.45, 2.75) is 30.5 Å². The summed E-state index contributed by atoms with van der Waals surface area (Å²) in [4.78, 5) is 15.9. The predicted octanol–water partition coefficient (Wildman–Crippen LogP) is 3.50. The molecule has 2 fully saturated rings. The monoisotopic (exact) mass is 507 g/mol. The van der Waals surface area contributed by atoms with Crippen molar-refractivity contribution in [3.8, 4) is 5.75 Å². The molecule has 0 unspecified atom stereocenters. The first-order chi connectivity index (χ1) is 16.5. The van der Waals surface area contributed by atoms with Gasteiger partial charge in [0.15, 0.2) is 0 Å². The number of sulfonamides is 1. The van der Waals surface area contributed by atoms with Gasteiger partial charge in [-0.15, -0.1) is 11.3 Å². The second-order valence-corrected chi connectivity index (χ2v) is 11.8. The molecular formula is C24H33N3O5S2. The molecule has 10 heteroatoms. The number of thiophene rings is 1. The number of rotatable bonds is 8. The van der Waals surface area contributed by atoms with Crippen molar-refractivity contribution in [3.05, 3.63) is 47.3 Å². The molecule has 0 N–H and O–H groups in total. The number of benzene rings is 1. The molecule has 1 aromatic heterocycles. The fourth-order valence-electron chi connectivity index (χ4n) is 4.39. The zero-order chi connectivity index (χ0) is 24.0. The van der Waals surface area contributed by atoms with Crippen molar-refractivity contribution in [2.24, 2.45) is 5.92 Å². The molecule has 0 aliphatic carbocycles. The molecule has 186 valence electrons. The average Bonchev–Trinajstić information content (AvgIpc) is 3.41. The van der Waals surface area contributed by atoms with Crippen LogP contribution in [-0.2, 0) is 21.3 Å². The summed E-state index contributed by atoms with van der Waals surface area (Å²) in [5.74, 6) is 0.980. The van der Waals surface area contributed by atoms with Crippen LogP contribution >= 0.6 is 11.3 Å². The number of amides is 1. The van der Waals surface area contributed by atoms with Gasteiger partial charge in [-0.05, 0) is 48.9 Å². The summed E-state index contributed by atoms with van der Waals surface area (Å²) >= 11 is 1.26. The molecule has 34 heavy (non-hydrogen) atoms. The van der Waals surface area contributed by atoms with Crippen molar-refractivity contribution in [2.75, 3.05) is 52.5 Å². The van der Waals surface area contributed by atoms with Gasteiger partial charge in [-0.3, -0.25) is 4.90 Å². The van der Waals surface area contributed by atoms with Crippen molar-refractivity contribution in [3.63, 3.8) is 0 Å². The highest BCUT2D eigenvalue weighted by Crippen LogP contribution is 2.27. The van der Waals surface area contributed by atoms with Crippen LogP contribution in [0.4, 0.5) is 4.79 Å². The number of piperazine rings is 1. The van der Waals surface area contributed by atoms with Crippen LogP contribution in [0.15, 0.2) is 46.0 Å². The second-order valence-electron chi connectivity index (χ2n) is 8.72. The summed E-state index contributed by atoms with van der Waals surface area (Å²) < 4.78 is 38.7. The zero-order valence-electron chi connectivity index (χ0n) is 19.6. The van der Waals surface area contributed by atoms with E-state index < -0.39 is 10.0 Å². The Morgan fingerprint density at radius 3 is 2.53 bits per heavy atom. The van der Waals surface area contributed by atoms with Gasteiger partial charge >= 0.3 is 6.09 Å². The summed E-state index contributed by atoms with van der Waals surface area (Å²) in [6, 6.07) is 11.5. The van der Waals surface area contributed by atoms with E-state index in [4.69, 9.17) is 9.47 Å². The Labute approximate surface area is 206 Å². The number of carbonyl (C=O) groups excluding carboxylic acids is 1. The molecule has 2 aliphatic heterocycles. The van der Waals surface area contributed by atoms with Crippen molar-refractivity contribution >= 4 is 27.5 Å². The van der Waals surface area contributed by atoms with Gasteiger partial charge in [-0.2, -0.15) is 4.31 Å². The first-order valence-electron chi connectivity index (χ1n) is 11.8. The molecule has 4 rings (SSSR count). The van der Waals surface area contributed by atoms with E-state index in [2.05, 4.69) is 17.0 Å². The van der Waals surface area contributed by atoms with E-state index in [-0.39, 0.29) is 12.0 Å². The van der Waals surface area contributed by atoms with Crippen molar-refractivity contribution in [1.29, 1.82) is 0 Å². The number of hydrogen-bond donors (Lipinski definition) is 0. The zero-order valence-corrected chi connectivity index (χ0v) is 21.2. The average molecular weight is 508 g/mol. The lowest BCUT2D eigenvalue weighted by Crippen LogP contribution is -2.48.